The molecule has 1 heterocycles. The summed E-state index contributed by atoms with van der Waals surface area (Å²) in [5, 5.41) is 3.10. The van der Waals surface area contributed by atoms with E-state index in [1.165, 1.54) is 6.07 Å². The Hall–Kier alpha value is -1.95. The van der Waals surface area contributed by atoms with Crippen LogP contribution in [0.15, 0.2) is 42.7 Å². The van der Waals surface area contributed by atoms with Crippen molar-refractivity contribution >= 4 is 0 Å². The molecule has 0 bridgehead atoms. The highest BCUT2D eigenvalue weighted by molar-refractivity contribution is 5.27. The Morgan fingerprint density at radius 2 is 1.81 bits per heavy atom. The fraction of sp³-hybridized carbons (Fsp3) is 0.267. The third kappa shape index (κ3) is 4.01. The average Bonchev–Trinajstić information content (AvgIpc) is 2.45. The van der Waals surface area contributed by atoms with Gasteiger partial charge in [-0.15, -0.1) is 0 Å². The Labute approximate surface area is 119 Å². The smallest absolute Gasteiger partial charge is 0.306 e. The van der Waals surface area contributed by atoms with Crippen molar-refractivity contribution in [1.29, 1.82) is 0 Å². The van der Waals surface area contributed by atoms with Gasteiger partial charge in [0.2, 0.25) is 0 Å². The molecule has 0 spiro atoms. The number of hydrogen-bond acceptors (Lipinski definition) is 2. The number of alkyl halides is 3. The van der Waals surface area contributed by atoms with Gasteiger partial charge in [0, 0.05) is 25.0 Å². The molecule has 0 aliphatic carbocycles. The maximum atomic E-state index is 13.2. The van der Waals surface area contributed by atoms with Crippen LogP contribution in [0.3, 0.4) is 0 Å². The summed E-state index contributed by atoms with van der Waals surface area (Å²) in [6.45, 7) is 2.11. The van der Waals surface area contributed by atoms with Crippen LogP contribution in [-0.4, -0.2) is 4.98 Å². The van der Waals surface area contributed by atoms with E-state index in [0.29, 0.717) is 5.56 Å². The van der Waals surface area contributed by atoms with Crippen molar-refractivity contribution in [2.75, 3.05) is 0 Å². The van der Waals surface area contributed by atoms with Gasteiger partial charge in [-0.2, -0.15) is 13.2 Å². The van der Waals surface area contributed by atoms with Crippen LogP contribution >= 0.6 is 0 Å². The molecule has 1 N–H and O–H groups in total. The second-order valence-corrected chi connectivity index (χ2v) is 4.70. The van der Waals surface area contributed by atoms with E-state index in [2.05, 4.69) is 10.3 Å². The molecule has 2 aromatic rings. The Morgan fingerprint density at radius 1 is 1.14 bits per heavy atom. The summed E-state index contributed by atoms with van der Waals surface area (Å²) in [6.07, 6.45) is -1.39. The van der Waals surface area contributed by atoms with Gasteiger partial charge < -0.3 is 5.32 Å². The van der Waals surface area contributed by atoms with Gasteiger partial charge >= 0.3 is 6.18 Å². The zero-order valence-corrected chi connectivity index (χ0v) is 11.3. The Bertz CT molecular complexity index is 596. The number of benzene rings is 1. The van der Waals surface area contributed by atoms with Gasteiger partial charge in [0.25, 0.3) is 0 Å². The molecule has 6 heteroatoms. The zero-order chi connectivity index (χ0) is 15.5. The topological polar surface area (TPSA) is 24.9 Å². The molecule has 1 aromatic carbocycles. The molecule has 0 saturated heterocycles. The van der Waals surface area contributed by atoms with Gasteiger partial charge in [0.1, 0.15) is 5.82 Å². The number of pyridine rings is 1. The third-order valence-electron chi connectivity index (χ3n) is 3.15. The van der Waals surface area contributed by atoms with Gasteiger partial charge in [-0.1, -0.05) is 6.07 Å². The minimum Gasteiger partial charge on any atom is -0.306 e. The molecule has 2 rings (SSSR count). The maximum absolute atomic E-state index is 13.2. The monoisotopic (exact) mass is 298 g/mol. The molecule has 0 amide bonds. The van der Waals surface area contributed by atoms with Crippen LogP contribution in [0, 0.1) is 5.82 Å². The van der Waals surface area contributed by atoms with Crippen LogP contribution in [-0.2, 0) is 12.7 Å². The summed E-state index contributed by atoms with van der Waals surface area (Å²) in [7, 11) is 0. The summed E-state index contributed by atoms with van der Waals surface area (Å²) in [4.78, 5) is 3.90. The maximum Gasteiger partial charge on any atom is 0.419 e. The van der Waals surface area contributed by atoms with Crippen molar-refractivity contribution in [2.24, 2.45) is 0 Å². The van der Waals surface area contributed by atoms with E-state index < -0.39 is 17.6 Å². The highest BCUT2D eigenvalue weighted by Crippen LogP contribution is 2.31. The van der Waals surface area contributed by atoms with Crippen LogP contribution in [0.1, 0.15) is 29.7 Å². The predicted octanol–water partition coefficient (Wildman–Crippen LogP) is 4.09. The fourth-order valence-corrected chi connectivity index (χ4v) is 1.94. The number of nitrogens with one attached hydrogen (secondary N) is 1. The lowest BCUT2D eigenvalue weighted by molar-refractivity contribution is -0.140. The van der Waals surface area contributed by atoms with E-state index in [9.17, 15) is 17.6 Å². The molecule has 0 fully saturated rings. The van der Waals surface area contributed by atoms with E-state index in [1.807, 2.05) is 19.1 Å². The summed E-state index contributed by atoms with van der Waals surface area (Å²) in [5.74, 6) is -1.26. The van der Waals surface area contributed by atoms with E-state index in [-0.39, 0.29) is 12.6 Å². The van der Waals surface area contributed by atoms with Crippen LogP contribution in [0.25, 0.3) is 0 Å². The lowest BCUT2D eigenvalue weighted by Crippen LogP contribution is -2.19. The van der Waals surface area contributed by atoms with Crippen LogP contribution in [0.5, 0.6) is 0 Å². The quantitative estimate of drug-likeness (QED) is 0.860. The SMILES string of the molecule is CC(NCc1ccc(F)c(C(F)(F)F)c1)c1ccncc1. The van der Waals surface area contributed by atoms with Crippen molar-refractivity contribution in [1.82, 2.24) is 10.3 Å². The van der Waals surface area contributed by atoms with E-state index in [0.717, 1.165) is 17.7 Å². The average molecular weight is 298 g/mol. The largest absolute Gasteiger partial charge is 0.419 e. The first-order chi connectivity index (χ1) is 9.88. The first-order valence-corrected chi connectivity index (χ1v) is 6.37. The molecular formula is C15H14F4N2. The Morgan fingerprint density at radius 3 is 2.43 bits per heavy atom. The molecule has 2 nitrogen and oxygen atoms in total. The van der Waals surface area contributed by atoms with E-state index in [1.54, 1.807) is 12.4 Å². The van der Waals surface area contributed by atoms with Crippen molar-refractivity contribution in [3.63, 3.8) is 0 Å². The summed E-state index contributed by atoms with van der Waals surface area (Å²) < 4.78 is 51.1. The van der Waals surface area contributed by atoms with Crippen LogP contribution in [0.4, 0.5) is 17.6 Å². The second-order valence-electron chi connectivity index (χ2n) is 4.70. The van der Waals surface area contributed by atoms with Crippen molar-refractivity contribution in [3.05, 3.63) is 65.2 Å². The number of aromatic nitrogens is 1. The van der Waals surface area contributed by atoms with Crippen LogP contribution < -0.4 is 5.32 Å². The minimum absolute atomic E-state index is 0.0487. The zero-order valence-electron chi connectivity index (χ0n) is 11.3. The first-order valence-electron chi connectivity index (χ1n) is 6.37. The second kappa shape index (κ2) is 6.22. The van der Waals surface area contributed by atoms with Crippen molar-refractivity contribution in [3.8, 4) is 0 Å². The van der Waals surface area contributed by atoms with Gasteiger partial charge in [-0.25, -0.2) is 4.39 Å². The van der Waals surface area contributed by atoms with Gasteiger partial charge in [0.15, 0.2) is 0 Å². The highest BCUT2D eigenvalue weighted by atomic mass is 19.4. The molecule has 0 saturated carbocycles. The summed E-state index contributed by atoms with van der Waals surface area (Å²) in [5.41, 5.74) is 0.117. The van der Waals surface area contributed by atoms with Gasteiger partial charge in [0.05, 0.1) is 5.56 Å². The van der Waals surface area contributed by atoms with E-state index in [4.69, 9.17) is 0 Å². The van der Waals surface area contributed by atoms with Gasteiger partial charge in [-0.3, -0.25) is 4.98 Å². The minimum atomic E-state index is -4.68. The molecule has 1 aromatic heterocycles. The first kappa shape index (κ1) is 15.4. The molecule has 1 unspecified atom stereocenters. The predicted molar refractivity (Wildman–Crippen MR) is 70.9 cm³/mol. The number of rotatable bonds is 4. The summed E-state index contributed by atoms with van der Waals surface area (Å²) in [6, 6.07) is 6.62. The van der Waals surface area contributed by atoms with Crippen molar-refractivity contribution < 1.29 is 17.6 Å². The van der Waals surface area contributed by atoms with Crippen LogP contribution in [0.2, 0.25) is 0 Å². The lowest BCUT2D eigenvalue weighted by atomic mass is 10.1. The standard InChI is InChI=1S/C15H14F4N2/c1-10(12-4-6-20-7-5-12)21-9-11-2-3-14(16)13(8-11)15(17,18)19/h2-8,10,21H,9H2,1H3. The lowest BCUT2D eigenvalue weighted by Gasteiger charge is -2.15. The third-order valence-corrected chi connectivity index (χ3v) is 3.15. The molecule has 112 valence electrons. The van der Waals surface area contributed by atoms with Gasteiger partial charge in [-0.05, 0) is 42.3 Å². The van der Waals surface area contributed by atoms with Crippen molar-refractivity contribution in [2.45, 2.75) is 25.7 Å². The molecular weight excluding hydrogens is 284 g/mol. The highest BCUT2D eigenvalue weighted by Gasteiger charge is 2.34. The number of halogens is 4. The summed E-state index contributed by atoms with van der Waals surface area (Å²) >= 11 is 0. The number of nitrogens with zero attached hydrogens (tertiary/aromatic N) is 1. The molecule has 0 aliphatic rings. The molecule has 0 aliphatic heterocycles. The normalized spacial score (nSPS) is 13.2. The Balaban J connectivity index is 2.07. The number of hydrogen-bond donors (Lipinski definition) is 1. The molecule has 21 heavy (non-hydrogen) atoms. The molecule has 1 atom stereocenters. The van der Waals surface area contributed by atoms with E-state index >= 15 is 0 Å². The Kier molecular flexibility index (Phi) is 4.57. The fourth-order valence-electron chi connectivity index (χ4n) is 1.94. The molecule has 0 radical (unpaired) electrons.